The van der Waals surface area contributed by atoms with Crippen LogP contribution >= 0.6 is 11.3 Å². The average Bonchev–Trinajstić information content (AvgIpc) is 3.15. The van der Waals surface area contributed by atoms with Crippen LogP contribution in [0.15, 0.2) is 35.8 Å². The topological polar surface area (TPSA) is 102 Å². The molecule has 0 unspecified atom stereocenters. The molecule has 0 fully saturated rings. The molecule has 0 aliphatic rings. The van der Waals surface area contributed by atoms with Crippen LogP contribution in [0.2, 0.25) is 0 Å². The van der Waals surface area contributed by atoms with Gasteiger partial charge in [0.05, 0.1) is 11.6 Å². The van der Waals surface area contributed by atoms with Crippen molar-refractivity contribution in [2.45, 2.75) is 0 Å². The molecular weight excluding hydrogens is 319 g/mol. The van der Waals surface area contributed by atoms with E-state index in [0.29, 0.717) is 21.9 Å². The first kappa shape index (κ1) is 13.6. The number of aromatic nitrogens is 5. The minimum Gasteiger partial charge on any atom is -0.493 e. The zero-order chi connectivity index (χ0) is 16.0. The highest BCUT2D eigenvalue weighted by Crippen LogP contribution is 2.31. The standard InChI is InChI=1S/C14H9FN6OS/c15-8-3-1-7(2-4-8)9-5-17-21-12(16)11(19-20-13(9)21)14-18-10(22)6-23-14/h1-6,22H,16H2. The zero-order valence-electron chi connectivity index (χ0n) is 11.5. The predicted octanol–water partition coefficient (Wildman–Crippen LogP) is 2.34. The van der Waals surface area contributed by atoms with Crippen molar-refractivity contribution in [1.82, 2.24) is 24.8 Å². The van der Waals surface area contributed by atoms with Crippen LogP contribution in [-0.2, 0) is 0 Å². The Morgan fingerprint density at radius 3 is 2.65 bits per heavy atom. The number of benzene rings is 1. The summed E-state index contributed by atoms with van der Waals surface area (Å²) in [6, 6.07) is 6.00. The summed E-state index contributed by atoms with van der Waals surface area (Å²) in [7, 11) is 0. The van der Waals surface area contributed by atoms with Crippen LogP contribution in [0.25, 0.3) is 27.5 Å². The molecule has 4 aromatic rings. The smallest absolute Gasteiger partial charge is 0.222 e. The molecule has 3 heterocycles. The third kappa shape index (κ3) is 2.18. The first-order chi connectivity index (χ1) is 11.1. The van der Waals surface area contributed by atoms with Crippen molar-refractivity contribution in [3.63, 3.8) is 0 Å². The van der Waals surface area contributed by atoms with E-state index in [1.807, 2.05) is 0 Å². The highest BCUT2D eigenvalue weighted by molar-refractivity contribution is 7.13. The van der Waals surface area contributed by atoms with Gasteiger partial charge in [-0.15, -0.1) is 21.5 Å². The van der Waals surface area contributed by atoms with Crippen molar-refractivity contribution >= 4 is 22.8 Å². The fraction of sp³-hybridized carbons (Fsp3) is 0. The van der Waals surface area contributed by atoms with Gasteiger partial charge in [-0.25, -0.2) is 4.39 Å². The van der Waals surface area contributed by atoms with Crippen molar-refractivity contribution in [3.05, 3.63) is 41.7 Å². The van der Waals surface area contributed by atoms with Gasteiger partial charge in [-0.1, -0.05) is 12.1 Å². The number of nitrogens with two attached hydrogens (primary N) is 1. The van der Waals surface area contributed by atoms with Crippen LogP contribution < -0.4 is 5.73 Å². The minimum atomic E-state index is -0.318. The van der Waals surface area contributed by atoms with Crippen LogP contribution in [-0.4, -0.2) is 29.9 Å². The lowest BCUT2D eigenvalue weighted by molar-refractivity contribution is 0.458. The molecule has 0 amide bonds. The molecule has 4 rings (SSSR count). The van der Waals surface area contributed by atoms with E-state index in [4.69, 9.17) is 5.73 Å². The molecular formula is C14H9FN6OS. The lowest BCUT2D eigenvalue weighted by Crippen LogP contribution is -2.05. The lowest BCUT2D eigenvalue weighted by Gasteiger charge is -2.03. The molecule has 9 heteroatoms. The summed E-state index contributed by atoms with van der Waals surface area (Å²) in [5, 5.41) is 23.7. The highest BCUT2D eigenvalue weighted by atomic mass is 32.1. The highest BCUT2D eigenvalue weighted by Gasteiger charge is 2.17. The number of hydrogen-bond acceptors (Lipinski definition) is 7. The van der Waals surface area contributed by atoms with E-state index >= 15 is 0 Å². The van der Waals surface area contributed by atoms with E-state index in [-0.39, 0.29) is 17.5 Å². The van der Waals surface area contributed by atoms with Gasteiger partial charge in [-0.2, -0.15) is 14.6 Å². The van der Waals surface area contributed by atoms with Crippen molar-refractivity contribution in [3.8, 4) is 27.7 Å². The maximum absolute atomic E-state index is 13.1. The summed E-state index contributed by atoms with van der Waals surface area (Å²) in [4.78, 5) is 3.93. The molecule has 114 valence electrons. The van der Waals surface area contributed by atoms with Gasteiger partial charge < -0.3 is 10.8 Å². The number of rotatable bonds is 2. The van der Waals surface area contributed by atoms with Gasteiger partial charge in [0, 0.05) is 5.56 Å². The normalized spacial score (nSPS) is 11.2. The molecule has 0 radical (unpaired) electrons. The van der Waals surface area contributed by atoms with E-state index in [1.165, 1.54) is 33.4 Å². The molecule has 3 N–H and O–H groups in total. The maximum Gasteiger partial charge on any atom is 0.222 e. The van der Waals surface area contributed by atoms with Gasteiger partial charge in [0.1, 0.15) is 5.82 Å². The van der Waals surface area contributed by atoms with E-state index in [0.717, 1.165) is 5.56 Å². The van der Waals surface area contributed by atoms with Gasteiger partial charge in [0.15, 0.2) is 22.2 Å². The number of anilines is 1. The molecule has 0 saturated carbocycles. The fourth-order valence-electron chi connectivity index (χ4n) is 2.22. The monoisotopic (exact) mass is 328 g/mol. The summed E-state index contributed by atoms with van der Waals surface area (Å²) < 4.78 is 14.5. The van der Waals surface area contributed by atoms with E-state index < -0.39 is 0 Å². The van der Waals surface area contributed by atoms with Gasteiger partial charge in [-0.3, -0.25) is 0 Å². The molecule has 1 aromatic carbocycles. The van der Waals surface area contributed by atoms with Crippen LogP contribution in [0, 0.1) is 5.82 Å². The molecule has 0 aliphatic heterocycles. The minimum absolute atomic E-state index is 0.0984. The maximum atomic E-state index is 13.1. The van der Waals surface area contributed by atoms with E-state index in [1.54, 1.807) is 18.3 Å². The Hall–Kier alpha value is -3.07. The van der Waals surface area contributed by atoms with Crippen LogP contribution in [0.3, 0.4) is 0 Å². The number of hydrogen-bond donors (Lipinski definition) is 2. The predicted molar refractivity (Wildman–Crippen MR) is 83.4 cm³/mol. The van der Waals surface area contributed by atoms with Crippen LogP contribution in [0.5, 0.6) is 5.88 Å². The summed E-state index contributed by atoms with van der Waals surface area (Å²) in [5.41, 5.74) is 8.35. The zero-order valence-corrected chi connectivity index (χ0v) is 12.3. The number of halogens is 1. The third-order valence-electron chi connectivity index (χ3n) is 3.31. The van der Waals surface area contributed by atoms with Gasteiger partial charge in [0.25, 0.3) is 0 Å². The lowest BCUT2D eigenvalue weighted by atomic mass is 10.1. The van der Waals surface area contributed by atoms with Crippen LogP contribution in [0.4, 0.5) is 10.2 Å². The number of fused-ring (bicyclic) bond motifs is 1. The summed E-state index contributed by atoms with van der Waals surface area (Å²) >= 11 is 1.20. The third-order valence-corrected chi connectivity index (χ3v) is 4.15. The second-order valence-electron chi connectivity index (χ2n) is 4.75. The number of nitrogen functional groups attached to an aromatic ring is 1. The average molecular weight is 328 g/mol. The van der Waals surface area contributed by atoms with Crippen molar-refractivity contribution in [2.24, 2.45) is 0 Å². The molecule has 0 aliphatic carbocycles. The van der Waals surface area contributed by atoms with Crippen molar-refractivity contribution < 1.29 is 9.50 Å². The van der Waals surface area contributed by atoms with Crippen molar-refractivity contribution in [2.75, 3.05) is 5.73 Å². The van der Waals surface area contributed by atoms with E-state index in [9.17, 15) is 9.50 Å². The fourth-order valence-corrected chi connectivity index (χ4v) is 2.90. The number of thiazole rings is 1. The van der Waals surface area contributed by atoms with Gasteiger partial charge >= 0.3 is 0 Å². The molecule has 0 spiro atoms. The second kappa shape index (κ2) is 4.99. The Kier molecular flexibility index (Phi) is 2.95. The summed E-state index contributed by atoms with van der Waals surface area (Å²) in [6.07, 6.45) is 1.59. The molecule has 7 nitrogen and oxygen atoms in total. The Balaban J connectivity index is 1.88. The first-order valence-electron chi connectivity index (χ1n) is 6.54. The first-order valence-corrected chi connectivity index (χ1v) is 7.42. The van der Waals surface area contributed by atoms with E-state index in [2.05, 4.69) is 20.3 Å². The van der Waals surface area contributed by atoms with Gasteiger partial charge in [0.2, 0.25) is 5.88 Å². The molecule has 23 heavy (non-hydrogen) atoms. The Labute approximate surface area is 132 Å². The van der Waals surface area contributed by atoms with Gasteiger partial charge in [-0.05, 0) is 17.7 Å². The Morgan fingerprint density at radius 2 is 1.96 bits per heavy atom. The summed E-state index contributed by atoms with van der Waals surface area (Å²) in [6.45, 7) is 0. The van der Waals surface area contributed by atoms with Crippen molar-refractivity contribution in [1.29, 1.82) is 0 Å². The molecule has 0 saturated heterocycles. The van der Waals surface area contributed by atoms with Crippen LogP contribution in [0.1, 0.15) is 0 Å². The number of aromatic hydroxyl groups is 1. The molecule has 0 atom stereocenters. The summed E-state index contributed by atoms with van der Waals surface area (Å²) in [5.74, 6) is -0.154. The second-order valence-corrected chi connectivity index (χ2v) is 5.60. The molecule has 0 bridgehead atoms. The number of nitrogens with zero attached hydrogens (tertiary/aromatic N) is 5. The Bertz CT molecular complexity index is 1010. The quantitative estimate of drug-likeness (QED) is 0.585. The Morgan fingerprint density at radius 1 is 1.17 bits per heavy atom. The molecule has 3 aromatic heterocycles. The largest absolute Gasteiger partial charge is 0.493 e. The SMILES string of the molecule is Nc1c(-c2nc(O)cs2)nnc2c(-c3ccc(F)cc3)cnn12.